The van der Waals surface area contributed by atoms with Gasteiger partial charge >= 0.3 is 0 Å². The van der Waals surface area contributed by atoms with Gasteiger partial charge in [-0.1, -0.05) is 218 Å². The Morgan fingerprint density at radius 1 is 0.290 bits per heavy atom. The van der Waals surface area contributed by atoms with E-state index in [1.165, 1.54) is 33.4 Å². The molecule has 3 heteroatoms. The number of para-hydroxylation sites is 2. The Morgan fingerprint density at radius 3 is 1.25 bits per heavy atom. The Bertz CT molecular complexity index is 5240. The number of fused-ring (bicyclic) bond motifs is 6. The summed E-state index contributed by atoms with van der Waals surface area (Å²) < 4.78 is 215. The number of aromatic nitrogens is 2. The summed E-state index contributed by atoms with van der Waals surface area (Å²) in [6.45, 7) is 0. The quantitative estimate of drug-likeness (QED) is 0.101. The van der Waals surface area contributed by atoms with Crippen LogP contribution in [0.4, 0.5) is 0 Å². The van der Waals surface area contributed by atoms with Gasteiger partial charge in [-0.2, -0.15) is 0 Å². The molecular formula is C66H46N2Si. The summed E-state index contributed by atoms with van der Waals surface area (Å²) in [5.41, 5.74) is -3.42. The number of benzene rings is 11. The normalized spacial score (nSPS) is 16.4. The summed E-state index contributed by atoms with van der Waals surface area (Å²) >= 11 is 0. The Hall–Kier alpha value is -8.76. The molecule has 0 unspecified atom stereocenters. The van der Waals surface area contributed by atoms with Crippen molar-refractivity contribution in [3.63, 3.8) is 0 Å². The second-order valence-corrected chi connectivity index (χ2v) is 20.1. The molecule has 2 aromatic heterocycles. The predicted octanol–water partition coefficient (Wildman–Crippen LogP) is 14.3. The molecule has 0 N–H and O–H groups in total. The van der Waals surface area contributed by atoms with Gasteiger partial charge in [-0.25, -0.2) is 0 Å². The standard InChI is InChI=1S/C66H46N2Si/c1-5-20-47(21-6-1)48-36-40-51(41-37-48)67-63-34-17-15-32-59(63)61-44-49(38-42-65(61)67)57-30-13-14-31-58(57)50-39-43-66-62(45-50)60-33-16-18-35-64(60)68(66)52-22-19-29-56(46-52)69(53-23-7-2-8-24-53,54-25-9-3-10-26-54)55-27-11-4-12-28-55/h1-46H/i1D,5D,6D,13D,14D,15D,16D,17D,18D,20D,21D,30D,31D,32D,33D,34D,35D,38D,39D,42D,43D,44D,45D. The van der Waals surface area contributed by atoms with Crippen LogP contribution in [-0.4, -0.2) is 17.2 Å². The van der Waals surface area contributed by atoms with E-state index < -0.39 is 169 Å². The third kappa shape index (κ3) is 6.70. The first-order valence-electron chi connectivity index (χ1n) is 33.5. The third-order valence-corrected chi connectivity index (χ3v) is 17.3. The first kappa shape index (κ1) is 23.3. The van der Waals surface area contributed by atoms with E-state index in [1.54, 1.807) is 12.1 Å². The van der Waals surface area contributed by atoms with Gasteiger partial charge in [-0.15, -0.1) is 0 Å². The van der Waals surface area contributed by atoms with Crippen molar-refractivity contribution >= 4 is 72.4 Å². The summed E-state index contributed by atoms with van der Waals surface area (Å²) in [7, 11) is -3.33. The smallest absolute Gasteiger partial charge is 0.179 e. The van der Waals surface area contributed by atoms with E-state index in [0.717, 1.165) is 20.7 Å². The monoisotopic (exact) mass is 917 g/mol. The summed E-state index contributed by atoms with van der Waals surface area (Å²) in [6.07, 6.45) is 0. The first-order chi connectivity index (χ1) is 43.8. The maximum Gasteiger partial charge on any atom is 0.179 e. The molecule has 2 nitrogen and oxygen atoms in total. The number of nitrogens with zero attached hydrogens (tertiary/aromatic N) is 2. The molecule has 0 aliphatic rings. The molecule has 13 rings (SSSR count). The van der Waals surface area contributed by atoms with E-state index >= 15 is 0 Å². The van der Waals surface area contributed by atoms with Crippen molar-refractivity contribution in [2.24, 2.45) is 0 Å². The lowest BCUT2D eigenvalue weighted by Gasteiger charge is -2.34. The maximum atomic E-state index is 10.3. The van der Waals surface area contributed by atoms with Crippen LogP contribution in [0.15, 0.2) is 279 Å². The minimum Gasteiger partial charge on any atom is -0.309 e. The van der Waals surface area contributed by atoms with Crippen molar-refractivity contribution in [3.8, 4) is 44.8 Å². The van der Waals surface area contributed by atoms with E-state index in [-0.39, 0.29) is 66.1 Å². The van der Waals surface area contributed by atoms with Crippen LogP contribution >= 0.6 is 0 Å². The average Bonchev–Trinajstić information content (AvgIpc) is 1.51. The zero-order chi connectivity index (χ0) is 65.7. The molecule has 0 fully saturated rings. The highest BCUT2D eigenvalue weighted by molar-refractivity contribution is 7.19. The van der Waals surface area contributed by atoms with Crippen LogP contribution in [0, 0.1) is 0 Å². The highest BCUT2D eigenvalue weighted by Gasteiger charge is 2.41. The van der Waals surface area contributed by atoms with Crippen LogP contribution in [0.3, 0.4) is 0 Å². The highest BCUT2D eigenvalue weighted by Crippen LogP contribution is 2.41. The first-order valence-corrected chi connectivity index (χ1v) is 24.0. The second-order valence-electron chi connectivity index (χ2n) is 16.3. The van der Waals surface area contributed by atoms with Gasteiger partial charge in [-0.05, 0) is 115 Å². The fourth-order valence-electron chi connectivity index (χ4n) is 9.60. The lowest BCUT2D eigenvalue weighted by Crippen LogP contribution is -2.74. The Kier molecular flexibility index (Phi) is 5.69. The van der Waals surface area contributed by atoms with Gasteiger partial charge in [0.2, 0.25) is 0 Å². The van der Waals surface area contributed by atoms with Gasteiger partial charge in [0, 0.05) is 32.9 Å². The molecule has 13 aromatic rings. The van der Waals surface area contributed by atoms with Gasteiger partial charge in [0.05, 0.1) is 53.6 Å². The molecule has 0 atom stereocenters. The molecule has 0 radical (unpaired) electrons. The number of hydrogen-bond acceptors (Lipinski definition) is 0. The summed E-state index contributed by atoms with van der Waals surface area (Å²) in [5.74, 6) is 0. The van der Waals surface area contributed by atoms with E-state index in [9.17, 15) is 16.4 Å². The molecule has 11 aromatic carbocycles. The fraction of sp³-hybridized carbons (Fsp3) is 0. The molecule has 0 aliphatic carbocycles. The zero-order valence-electron chi connectivity index (χ0n) is 59.2. The largest absolute Gasteiger partial charge is 0.309 e. The fourth-order valence-corrected chi connectivity index (χ4v) is 14.4. The van der Waals surface area contributed by atoms with Crippen LogP contribution in [-0.2, 0) is 0 Å². The topological polar surface area (TPSA) is 9.86 Å². The Labute approximate surface area is 435 Å². The molecule has 0 saturated heterocycles. The second kappa shape index (κ2) is 16.8. The molecule has 0 spiro atoms. The van der Waals surface area contributed by atoms with Crippen molar-refractivity contribution in [3.05, 3.63) is 279 Å². The van der Waals surface area contributed by atoms with Crippen molar-refractivity contribution in [2.45, 2.75) is 0 Å². The van der Waals surface area contributed by atoms with E-state index in [0.29, 0.717) is 0 Å². The van der Waals surface area contributed by atoms with Crippen molar-refractivity contribution in [1.82, 2.24) is 9.13 Å². The molecule has 0 aliphatic heterocycles. The van der Waals surface area contributed by atoms with Crippen LogP contribution < -0.4 is 20.7 Å². The lowest BCUT2D eigenvalue weighted by atomic mass is 9.93. The zero-order valence-corrected chi connectivity index (χ0v) is 37.2. The van der Waals surface area contributed by atoms with Crippen LogP contribution in [0.5, 0.6) is 0 Å². The molecule has 0 bridgehead atoms. The van der Waals surface area contributed by atoms with Crippen LogP contribution in [0.1, 0.15) is 31.5 Å². The van der Waals surface area contributed by atoms with Gasteiger partial charge in [0.15, 0.2) is 8.07 Å². The highest BCUT2D eigenvalue weighted by atomic mass is 28.3. The van der Waals surface area contributed by atoms with Gasteiger partial charge in [0.1, 0.15) is 0 Å². The van der Waals surface area contributed by atoms with Crippen molar-refractivity contribution in [1.29, 1.82) is 0 Å². The predicted molar refractivity (Wildman–Crippen MR) is 295 cm³/mol. The lowest BCUT2D eigenvalue weighted by molar-refractivity contribution is 1.18. The van der Waals surface area contributed by atoms with E-state index in [4.69, 9.17) is 15.1 Å². The molecule has 69 heavy (non-hydrogen) atoms. The number of hydrogen-bond donors (Lipinski definition) is 0. The van der Waals surface area contributed by atoms with Gasteiger partial charge in [-0.3, -0.25) is 0 Å². The van der Waals surface area contributed by atoms with Crippen molar-refractivity contribution < 1.29 is 31.5 Å². The SMILES string of the molecule is [2H]c1c([2H])c([2H])c(-c2ccc(-n3c4c([2H])c([2H])c([2H])c([2H])c4c4c([2H])c(-c5c([2H])c([2H])c([2H])c([2H])c5-c5c([2H])c([2H])c6c(c5[2H])c5c([2H])c([2H])c([2H])c([2H])c5n6-c5cccc([Si](c6ccccc6)(c6ccccc6)c6ccccc6)c5)c([2H])c([2H])c43)cc2)c([2H])c1[2H]. The van der Waals surface area contributed by atoms with Crippen LogP contribution in [0.2, 0.25) is 0 Å². The summed E-state index contributed by atoms with van der Waals surface area (Å²) in [6, 6.07) is 26.2. The molecule has 324 valence electrons. The van der Waals surface area contributed by atoms with Gasteiger partial charge in [0.25, 0.3) is 0 Å². The molecular weight excluding hydrogens is 849 g/mol. The van der Waals surface area contributed by atoms with E-state index in [2.05, 4.69) is 36.4 Å². The van der Waals surface area contributed by atoms with E-state index in [1.807, 2.05) is 66.7 Å². The van der Waals surface area contributed by atoms with Gasteiger partial charge < -0.3 is 9.13 Å². The molecule has 0 saturated carbocycles. The third-order valence-electron chi connectivity index (χ3n) is 12.6. The molecule has 2 heterocycles. The minimum atomic E-state index is -3.33. The maximum absolute atomic E-state index is 10.3. The number of rotatable bonds is 9. The van der Waals surface area contributed by atoms with Crippen molar-refractivity contribution in [2.75, 3.05) is 0 Å². The average molecular weight is 918 g/mol. The summed E-state index contributed by atoms with van der Waals surface area (Å²) in [4.78, 5) is 0. The minimum absolute atomic E-state index is 0.0661. The Balaban J connectivity index is 1.11. The molecule has 0 amide bonds. The Morgan fingerprint density at radius 2 is 0.725 bits per heavy atom. The van der Waals surface area contributed by atoms with Crippen LogP contribution in [0.25, 0.3) is 88.4 Å². The summed E-state index contributed by atoms with van der Waals surface area (Å²) in [5, 5.41) is 2.49.